The van der Waals surface area contributed by atoms with Crippen LogP contribution in [0, 0.1) is 0 Å². The van der Waals surface area contributed by atoms with Crippen molar-refractivity contribution in [3.8, 4) is 11.5 Å². The summed E-state index contributed by atoms with van der Waals surface area (Å²) in [5.74, 6) is 0.969. The first-order chi connectivity index (χ1) is 8.77. The summed E-state index contributed by atoms with van der Waals surface area (Å²) in [5.41, 5.74) is 0.803. The number of rotatable bonds is 4. The Bertz CT molecular complexity index is 424. The molecule has 0 spiro atoms. The van der Waals surface area contributed by atoms with Gasteiger partial charge in [0.25, 0.3) is 0 Å². The fourth-order valence-corrected chi connectivity index (χ4v) is 2.42. The third-order valence-electron chi connectivity index (χ3n) is 3.33. The van der Waals surface area contributed by atoms with Gasteiger partial charge in [0.05, 0.1) is 18.7 Å². The molecule has 1 heterocycles. The van der Waals surface area contributed by atoms with E-state index in [0.717, 1.165) is 31.7 Å². The van der Waals surface area contributed by atoms with E-state index in [1.807, 2.05) is 12.1 Å². The first kappa shape index (κ1) is 19.1. The molecule has 1 fully saturated rings. The van der Waals surface area contributed by atoms with Crippen molar-refractivity contribution in [1.29, 1.82) is 0 Å². The van der Waals surface area contributed by atoms with Crippen molar-refractivity contribution < 1.29 is 9.84 Å². The second kappa shape index (κ2) is 9.08. The van der Waals surface area contributed by atoms with Gasteiger partial charge in [0.1, 0.15) is 11.5 Å². The predicted molar refractivity (Wildman–Crippen MR) is 86.5 cm³/mol. The maximum atomic E-state index is 10.1. The predicted octanol–water partition coefficient (Wildman–Crippen LogP) is 2.38. The van der Waals surface area contributed by atoms with Gasteiger partial charge in [0, 0.05) is 26.2 Å². The molecule has 1 saturated heterocycles. The average Bonchev–Trinajstić information content (AvgIpc) is 2.42. The molecule has 1 aromatic rings. The summed E-state index contributed by atoms with van der Waals surface area (Å²) in [7, 11) is 1.62. The van der Waals surface area contributed by atoms with Gasteiger partial charge >= 0.3 is 0 Å². The minimum absolute atomic E-state index is 0. The van der Waals surface area contributed by atoms with Crippen LogP contribution in [-0.4, -0.2) is 43.3 Å². The van der Waals surface area contributed by atoms with Crippen LogP contribution < -0.4 is 10.1 Å². The number of hydrogen-bond acceptors (Lipinski definition) is 4. The highest BCUT2D eigenvalue weighted by atomic mass is 35.5. The summed E-state index contributed by atoms with van der Waals surface area (Å²) < 4.78 is 5.35. The molecule has 1 aliphatic heterocycles. The van der Waals surface area contributed by atoms with E-state index in [4.69, 9.17) is 4.74 Å². The standard InChI is InChI=1S/C14H20N2O2.2ClH/c1-3-11(16-9-7-15-8-10-16)14-12(17)5-4-6-13(14)18-2;;/h3-6,11,15,17H,1,7-10H2,2H3;2*1H/t11-;;/m1../s1. The van der Waals surface area contributed by atoms with E-state index in [0.29, 0.717) is 5.75 Å². The Kier molecular flexibility index (Phi) is 8.65. The van der Waals surface area contributed by atoms with Crippen LogP contribution >= 0.6 is 24.8 Å². The van der Waals surface area contributed by atoms with Crippen LogP contribution in [0.3, 0.4) is 0 Å². The Balaban J connectivity index is 0.00000180. The average molecular weight is 321 g/mol. The lowest BCUT2D eigenvalue weighted by molar-refractivity contribution is 0.197. The molecule has 1 atom stereocenters. The van der Waals surface area contributed by atoms with E-state index in [1.165, 1.54) is 0 Å². The van der Waals surface area contributed by atoms with Gasteiger partial charge in [-0.05, 0) is 12.1 Å². The van der Waals surface area contributed by atoms with E-state index < -0.39 is 0 Å². The zero-order valence-electron chi connectivity index (χ0n) is 11.5. The van der Waals surface area contributed by atoms with Crippen LogP contribution in [0.1, 0.15) is 11.6 Å². The van der Waals surface area contributed by atoms with Crippen LogP contribution in [0.4, 0.5) is 0 Å². The van der Waals surface area contributed by atoms with E-state index in [2.05, 4.69) is 16.8 Å². The van der Waals surface area contributed by atoms with Gasteiger partial charge in [-0.3, -0.25) is 4.90 Å². The van der Waals surface area contributed by atoms with E-state index >= 15 is 0 Å². The summed E-state index contributed by atoms with van der Waals surface area (Å²) in [6.45, 7) is 7.69. The zero-order valence-corrected chi connectivity index (χ0v) is 13.2. The fraction of sp³-hybridized carbons (Fsp3) is 0.429. The lowest BCUT2D eigenvalue weighted by Gasteiger charge is -2.34. The number of benzene rings is 1. The molecule has 0 bridgehead atoms. The third-order valence-corrected chi connectivity index (χ3v) is 3.33. The fourth-order valence-electron chi connectivity index (χ4n) is 2.42. The minimum atomic E-state index is -0.0109. The molecule has 0 aliphatic carbocycles. The minimum Gasteiger partial charge on any atom is -0.507 e. The highest BCUT2D eigenvalue weighted by Gasteiger charge is 2.24. The largest absolute Gasteiger partial charge is 0.507 e. The second-order valence-electron chi connectivity index (χ2n) is 4.36. The molecule has 114 valence electrons. The normalized spacial score (nSPS) is 16.4. The monoisotopic (exact) mass is 320 g/mol. The number of phenols is 1. The molecular weight excluding hydrogens is 299 g/mol. The summed E-state index contributed by atoms with van der Waals surface area (Å²) in [6.07, 6.45) is 1.86. The number of aromatic hydroxyl groups is 1. The second-order valence-corrected chi connectivity index (χ2v) is 4.36. The summed E-state index contributed by atoms with van der Waals surface area (Å²) in [4.78, 5) is 2.29. The maximum absolute atomic E-state index is 10.1. The van der Waals surface area contributed by atoms with Gasteiger partial charge in [0.2, 0.25) is 0 Å². The smallest absolute Gasteiger partial charge is 0.127 e. The highest BCUT2D eigenvalue weighted by molar-refractivity contribution is 5.85. The van der Waals surface area contributed by atoms with E-state index in [-0.39, 0.29) is 36.6 Å². The molecule has 0 radical (unpaired) electrons. The quantitative estimate of drug-likeness (QED) is 0.836. The Hall–Kier alpha value is -0.940. The number of phenolic OH excluding ortho intramolecular Hbond substituents is 1. The van der Waals surface area contributed by atoms with Gasteiger partial charge < -0.3 is 15.2 Å². The Morgan fingerprint density at radius 1 is 1.35 bits per heavy atom. The van der Waals surface area contributed by atoms with Gasteiger partial charge in [-0.2, -0.15) is 0 Å². The SMILES string of the molecule is C=C[C@H](c1c(O)cccc1OC)N1CCNCC1.Cl.Cl. The number of hydrogen-bond donors (Lipinski definition) is 2. The van der Waals surface area contributed by atoms with Crippen molar-refractivity contribution in [2.24, 2.45) is 0 Å². The zero-order chi connectivity index (χ0) is 13.0. The van der Waals surface area contributed by atoms with Gasteiger partial charge in [-0.1, -0.05) is 12.1 Å². The topological polar surface area (TPSA) is 44.7 Å². The molecule has 0 aromatic heterocycles. The Morgan fingerprint density at radius 3 is 2.55 bits per heavy atom. The molecule has 1 aliphatic rings. The van der Waals surface area contributed by atoms with Gasteiger partial charge in [0.15, 0.2) is 0 Å². The number of piperazine rings is 1. The molecular formula is C14H22Cl2N2O2. The van der Waals surface area contributed by atoms with Crippen LogP contribution in [-0.2, 0) is 0 Å². The lowest BCUT2D eigenvalue weighted by atomic mass is 10.0. The molecule has 2 rings (SSSR count). The summed E-state index contributed by atoms with van der Waals surface area (Å²) in [6, 6.07) is 5.34. The van der Waals surface area contributed by atoms with Gasteiger partial charge in [-0.25, -0.2) is 0 Å². The Labute approximate surface area is 132 Å². The van der Waals surface area contributed by atoms with E-state index in [1.54, 1.807) is 19.2 Å². The number of nitrogens with one attached hydrogen (secondary N) is 1. The van der Waals surface area contributed by atoms with Crippen LogP contribution in [0.2, 0.25) is 0 Å². The number of ether oxygens (including phenoxy) is 1. The number of halogens is 2. The molecule has 20 heavy (non-hydrogen) atoms. The molecule has 4 nitrogen and oxygen atoms in total. The van der Waals surface area contributed by atoms with Crippen molar-refractivity contribution >= 4 is 24.8 Å². The lowest BCUT2D eigenvalue weighted by Crippen LogP contribution is -2.44. The van der Waals surface area contributed by atoms with Crippen LogP contribution in [0.15, 0.2) is 30.9 Å². The maximum Gasteiger partial charge on any atom is 0.127 e. The van der Waals surface area contributed by atoms with Crippen molar-refractivity contribution in [2.75, 3.05) is 33.3 Å². The molecule has 0 saturated carbocycles. The number of methoxy groups -OCH3 is 1. The summed E-state index contributed by atoms with van der Waals surface area (Å²) >= 11 is 0. The van der Waals surface area contributed by atoms with Crippen molar-refractivity contribution in [3.63, 3.8) is 0 Å². The summed E-state index contributed by atoms with van der Waals surface area (Å²) in [5, 5.41) is 13.4. The molecule has 2 N–H and O–H groups in total. The molecule has 0 amide bonds. The first-order valence-electron chi connectivity index (χ1n) is 6.21. The molecule has 6 heteroatoms. The third kappa shape index (κ3) is 4.03. The van der Waals surface area contributed by atoms with E-state index in [9.17, 15) is 5.11 Å². The molecule has 0 unspecified atom stereocenters. The highest BCUT2D eigenvalue weighted by Crippen LogP contribution is 2.36. The van der Waals surface area contributed by atoms with Crippen molar-refractivity contribution in [1.82, 2.24) is 10.2 Å². The first-order valence-corrected chi connectivity index (χ1v) is 6.21. The number of nitrogens with zero attached hydrogens (tertiary/aromatic N) is 1. The van der Waals surface area contributed by atoms with Crippen molar-refractivity contribution in [2.45, 2.75) is 6.04 Å². The molecule has 1 aromatic carbocycles. The van der Waals surface area contributed by atoms with Gasteiger partial charge in [-0.15, -0.1) is 31.4 Å². The Morgan fingerprint density at radius 2 is 2.00 bits per heavy atom. The van der Waals surface area contributed by atoms with Crippen LogP contribution in [0.25, 0.3) is 0 Å². The van der Waals surface area contributed by atoms with Crippen molar-refractivity contribution in [3.05, 3.63) is 36.4 Å². The van der Waals surface area contributed by atoms with Crippen LogP contribution in [0.5, 0.6) is 11.5 Å².